The third-order valence-corrected chi connectivity index (χ3v) is 4.35. The highest BCUT2D eigenvalue weighted by Gasteiger charge is 2.40. The van der Waals surface area contributed by atoms with Crippen molar-refractivity contribution < 1.29 is 9.59 Å². The number of thiazole rings is 1. The molecule has 0 bridgehead atoms. The molecule has 102 valence electrons. The maximum atomic E-state index is 12.4. The van der Waals surface area contributed by atoms with Crippen LogP contribution in [0.1, 0.15) is 25.0 Å². The first-order valence-corrected chi connectivity index (χ1v) is 7.63. The van der Waals surface area contributed by atoms with Crippen molar-refractivity contribution in [3.63, 3.8) is 0 Å². The van der Waals surface area contributed by atoms with Gasteiger partial charge < -0.3 is 10.2 Å². The molecule has 5 nitrogen and oxygen atoms in total. The minimum atomic E-state index is -0.287. The van der Waals surface area contributed by atoms with Crippen LogP contribution in [0.4, 0.5) is 0 Å². The molecule has 1 aromatic heterocycles. The monoisotopic (exact) mass is 279 g/mol. The molecule has 1 aliphatic carbocycles. The van der Waals surface area contributed by atoms with Crippen molar-refractivity contribution in [3.8, 4) is 0 Å². The SMILES string of the molecule is O=C1CCN(CCc2cscn2)C(=O)C(C2CC2)N1. The van der Waals surface area contributed by atoms with Crippen LogP contribution < -0.4 is 5.32 Å². The summed E-state index contributed by atoms with van der Waals surface area (Å²) in [6.07, 6.45) is 3.28. The molecule has 1 saturated heterocycles. The highest BCUT2D eigenvalue weighted by Crippen LogP contribution is 2.34. The lowest BCUT2D eigenvalue weighted by molar-refractivity contribution is -0.134. The quantitative estimate of drug-likeness (QED) is 0.887. The van der Waals surface area contributed by atoms with Crippen molar-refractivity contribution in [2.24, 2.45) is 5.92 Å². The molecule has 6 heteroatoms. The number of aromatic nitrogens is 1. The van der Waals surface area contributed by atoms with Gasteiger partial charge in [-0.15, -0.1) is 11.3 Å². The molecule has 0 radical (unpaired) electrons. The maximum Gasteiger partial charge on any atom is 0.245 e. The second-order valence-electron chi connectivity index (χ2n) is 5.19. The number of carbonyl (C=O) groups excluding carboxylic acids is 2. The van der Waals surface area contributed by atoms with Crippen LogP contribution in [0, 0.1) is 5.92 Å². The lowest BCUT2D eigenvalue weighted by Crippen LogP contribution is -2.46. The van der Waals surface area contributed by atoms with Gasteiger partial charge in [-0.1, -0.05) is 0 Å². The van der Waals surface area contributed by atoms with E-state index in [0.717, 1.165) is 25.0 Å². The van der Waals surface area contributed by atoms with Crippen molar-refractivity contribution in [2.75, 3.05) is 13.1 Å². The van der Waals surface area contributed by atoms with Crippen LogP contribution in [0.3, 0.4) is 0 Å². The van der Waals surface area contributed by atoms with Crippen LogP contribution in [-0.4, -0.2) is 40.8 Å². The van der Waals surface area contributed by atoms with Gasteiger partial charge in [0.25, 0.3) is 0 Å². The van der Waals surface area contributed by atoms with E-state index in [4.69, 9.17) is 0 Å². The van der Waals surface area contributed by atoms with Gasteiger partial charge in [0.2, 0.25) is 11.8 Å². The zero-order chi connectivity index (χ0) is 13.2. The van der Waals surface area contributed by atoms with Crippen LogP contribution in [0.2, 0.25) is 0 Å². The fraction of sp³-hybridized carbons (Fsp3) is 0.615. The maximum absolute atomic E-state index is 12.4. The predicted octanol–water partition coefficient (Wildman–Crippen LogP) is 0.813. The number of nitrogens with zero attached hydrogens (tertiary/aromatic N) is 2. The van der Waals surface area contributed by atoms with E-state index in [2.05, 4.69) is 10.3 Å². The van der Waals surface area contributed by atoms with Gasteiger partial charge in [-0.25, -0.2) is 4.98 Å². The van der Waals surface area contributed by atoms with Crippen molar-refractivity contribution in [2.45, 2.75) is 31.7 Å². The molecule has 0 spiro atoms. The number of hydrogen-bond acceptors (Lipinski definition) is 4. The Balaban J connectivity index is 1.65. The van der Waals surface area contributed by atoms with Crippen LogP contribution in [0.5, 0.6) is 0 Å². The van der Waals surface area contributed by atoms with Crippen molar-refractivity contribution >= 4 is 23.2 Å². The molecular formula is C13H17N3O2S. The number of amides is 2. The lowest BCUT2D eigenvalue weighted by Gasteiger charge is -2.23. The minimum absolute atomic E-state index is 0.00130. The fourth-order valence-electron chi connectivity index (χ4n) is 2.43. The van der Waals surface area contributed by atoms with Crippen LogP contribution >= 0.6 is 11.3 Å². The summed E-state index contributed by atoms with van der Waals surface area (Å²) < 4.78 is 0. The van der Waals surface area contributed by atoms with Gasteiger partial charge in [-0.05, 0) is 18.8 Å². The summed E-state index contributed by atoms with van der Waals surface area (Å²) in [6, 6.07) is -0.287. The van der Waals surface area contributed by atoms with E-state index in [1.165, 1.54) is 0 Å². The summed E-state index contributed by atoms with van der Waals surface area (Å²) in [6.45, 7) is 1.18. The molecule has 1 N–H and O–H groups in total. The first kappa shape index (κ1) is 12.6. The minimum Gasteiger partial charge on any atom is -0.344 e. The Morgan fingerprint density at radius 3 is 2.95 bits per heavy atom. The third-order valence-electron chi connectivity index (χ3n) is 3.72. The molecular weight excluding hydrogens is 262 g/mol. The predicted molar refractivity (Wildman–Crippen MR) is 71.7 cm³/mol. The summed E-state index contributed by atoms with van der Waals surface area (Å²) in [5.41, 5.74) is 2.82. The topological polar surface area (TPSA) is 62.3 Å². The number of nitrogens with one attached hydrogen (secondary N) is 1. The first-order chi connectivity index (χ1) is 9.24. The largest absolute Gasteiger partial charge is 0.344 e. The van der Waals surface area contributed by atoms with E-state index in [-0.39, 0.29) is 17.9 Å². The summed E-state index contributed by atoms with van der Waals surface area (Å²) >= 11 is 1.57. The van der Waals surface area contributed by atoms with Gasteiger partial charge in [0, 0.05) is 31.3 Å². The Kier molecular flexibility index (Phi) is 3.50. The van der Waals surface area contributed by atoms with E-state index in [1.54, 1.807) is 16.8 Å². The third kappa shape index (κ3) is 2.94. The summed E-state index contributed by atoms with van der Waals surface area (Å²) in [5, 5.41) is 4.87. The first-order valence-electron chi connectivity index (χ1n) is 6.69. The molecule has 1 saturated carbocycles. The van der Waals surface area contributed by atoms with E-state index in [9.17, 15) is 9.59 Å². The van der Waals surface area contributed by atoms with Gasteiger partial charge in [0.15, 0.2) is 0 Å². The van der Waals surface area contributed by atoms with Gasteiger partial charge >= 0.3 is 0 Å². The Labute approximate surface area is 116 Å². The highest BCUT2D eigenvalue weighted by atomic mass is 32.1. The molecule has 2 heterocycles. The Hall–Kier alpha value is -1.43. The Bertz CT molecular complexity index is 470. The fourth-order valence-corrected chi connectivity index (χ4v) is 3.03. The van der Waals surface area contributed by atoms with Gasteiger partial charge in [0.1, 0.15) is 6.04 Å². The highest BCUT2D eigenvalue weighted by molar-refractivity contribution is 7.07. The number of hydrogen-bond donors (Lipinski definition) is 1. The van der Waals surface area contributed by atoms with Crippen molar-refractivity contribution in [1.82, 2.24) is 15.2 Å². The molecule has 3 rings (SSSR count). The van der Waals surface area contributed by atoms with E-state index in [1.807, 2.05) is 10.3 Å². The zero-order valence-corrected chi connectivity index (χ0v) is 11.5. The normalized spacial score (nSPS) is 24.2. The summed E-state index contributed by atoms with van der Waals surface area (Å²) in [7, 11) is 0. The van der Waals surface area contributed by atoms with E-state index in [0.29, 0.717) is 25.4 Å². The zero-order valence-electron chi connectivity index (χ0n) is 10.7. The molecule has 0 aromatic carbocycles. The van der Waals surface area contributed by atoms with Crippen LogP contribution in [0.15, 0.2) is 10.9 Å². The van der Waals surface area contributed by atoms with Gasteiger partial charge in [-0.2, -0.15) is 0 Å². The van der Waals surface area contributed by atoms with Gasteiger partial charge in [-0.3, -0.25) is 9.59 Å². The van der Waals surface area contributed by atoms with E-state index >= 15 is 0 Å². The summed E-state index contributed by atoms with van der Waals surface area (Å²) in [4.78, 5) is 30.1. The molecule has 1 atom stereocenters. The molecule has 2 fully saturated rings. The Morgan fingerprint density at radius 2 is 2.26 bits per heavy atom. The molecule has 1 unspecified atom stereocenters. The Morgan fingerprint density at radius 1 is 1.42 bits per heavy atom. The molecule has 19 heavy (non-hydrogen) atoms. The molecule has 1 aromatic rings. The van der Waals surface area contributed by atoms with Gasteiger partial charge in [0.05, 0.1) is 11.2 Å². The summed E-state index contributed by atoms with van der Waals surface area (Å²) in [5.74, 6) is 0.446. The number of carbonyl (C=O) groups is 2. The second-order valence-corrected chi connectivity index (χ2v) is 5.91. The second kappa shape index (κ2) is 5.28. The average molecular weight is 279 g/mol. The van der Waals surface area contributed by atoms with Crippen LogP contribution in [0.25, 0.3) is 0 Å². The molecule has 2 aliphatic rings. The molecule has 1 aliphatic heterocycles. The van der Waals surface area contributed by atoms with Crippen molar-refractivity contribution in [1.29, 1.82) is 0 Å². The smallest absolute Gasteiger partial charge is 0.245 e. The van der Waals surface area contributed by atoms with E-state index < -0.39 is 0 Å². The molecule has 2 amide bonds. The van der Waals surface area contributed by atoms with Crippen LogP contribution in [-0.2, 0) is 16.0 Å². The standard InChI is InChI=1S/C13H17N3O2S/c17-11-4-6-16(5-3-10-7-19-8-14-10)13(18)12(15-11)9-1-2-9/h7-9,12H,1-6H2,(H,15,17). The number of rotatable bonds is 4. The van der Waals surface area contributed by atoms with Crippen molar-refractivity contribution in [3.05, 3.63) is 16.6 Å². The lowest BCUT2D eigenvalue weighted by atomic mass is 10.1. The average Bonchev–Trinajstić information content (AvgIpc) is 3.13.